The molecule has 1 aromatic carbocycles. The van der Waals surface area contributed by atoms with Crippen LogP contribution in [-0.4, -0.2) is 65.0 Å². The molecule has 1 saturated heterocycles. The Bertz CT molecular complexity index is 538. The molecule has 0 unspecified atom stereocenters. The van der Waals surface area contributed by atoms with Gasteiger partial charge in [-0.2, -0.15) is 0 Å². The van der Waals surface area contributed by atoms with Gasteiger partial charge < -0.3 is 35.4 Å². The maximum atomic E-state index is 11.4. The molecule has 2 rings (SSSR count). The monoisotopic (exact) mass is 340 g/mol. The van der Waals surface area contributed by atoms with E-state index in [2.05, 4.69) is 10.6 Å². The van der Waals surface area contributed by atoms with Crippen LogP contribution >= 0.6 is 0 Å². The summed E-state index contributed by atoms with van der Waals surface area (Å²) in [6, 6.07) is 6.22. The Hall–Kier alpha value is -1.87. The largest absolute Gasteiger partial charge is 0.494 e. The fourth-order valence-electron chi connectivity index (χ4n) is 2.61. The minimum Gasteiger partial charge on any atom is -0.494 e. The molecule has 1 amide bonds. The second-order valence-electron chi connectivity index (χ2n) is 5.59. The fraction of sp³-hybridized carbons (Fsp3) is 0.562. The molecule has 1 aliphatic heterocycles. The van der Waals surface area contributed by atoms with Gasteiger partial charge >= 0.3 is 0 Å². The number of anilines is 1. The lowest BCUT2D eigenvalue weighted by molar-refractivity contribution is -0.188. The third-order valence-electron chi connectivity index (χ3n) is 3.77. The summed E-state index contributed by atoms with van der Waals surface area (Å²) in [6.07, 6.45) is -4.35. The first-order valence-corrected chi connectivity index (χ1v) is 7.85. The summed E-state index contributed by atoms with van der Waals surface area (Å²) >= 11 is 0. The standard InChI is InChI=1S/C16H24N2O6/c1-3-23-11-6-4-10(5-7-11)18-16-13(17-9(2)20)15(22)14(21)12(8-19)24-16/h4-7,12-16,18-19,21-22H,3,8H2,1-2H3,(H,17,20)/t12-,13-,14+,15-,16+/m0/s1. The Morgan fingerprint density at radius 2 is 1.92 bits per heavy atom. The van der Waals surface area contributed by atoms with Crippen LogP contribution in [0.5, 0.6) is 5.75 Å². The number of carbonyl (C=O) groups is 1. The number of hydrogen-bond donors (Lipinski definition) is 5. The molecule has 0 aliphatic carbocycles. The Morgan fingerprint density at radius 1 is 1.25 bits per heavy atom. The highest BCUT2D eigenvalue weighted by Crippen LogP contribution is 2.24. The minimum atomic E-state index is -1.30. The number of hydrogen-bond acceptors (Lipinski definition) is 7. The van der Waals surface area contributed by atoms with E-state index in [-0.39, 0.29) is 5.91 Å². The Kier molecular flexibility index (Phi) is 6.38. The molecular weight excluding hydrogens is 316 g/mol. The lowest BCUT2D eigenvalue weighted by Crippen LogP contribution is -2.65. The molecule has 1 heterocycles. The summed E-state index contributed by atoms with van der Waals surface area (Å²) in [7, 11) is 0. The average molecular weight is 340 g/mol. The molecule has 1 aliphatic rings. The van der Waals surface area contributed by atoms with E-state index < -0.39 is 37.2 Å². The molecule has 5 atom stereocenters. The van der Waals surface area contributed by atoms with Crippen molar-refractivity contribution in [1.82, 2.24) is 5.32 Å². The first-order chi connectivity index (χ1) is 11.5. The molecule has 0 bridgehead atoms. The molecule has 5 N–H and O–H groups in total. The summed E-state index contributed by atoms with van der Waals surface area (Å²) in [5, 5.41) is 35.1. The van der Waals surface area contributed by atoms with Crippen LogP contribution in [0.15, 0.2) is 24.3 Å². The second-order valence-corrected chi connectivity index (χ2v) is 5.59. The summed E-state index contributed by atoms with van der Waals surface area (Å²) in [5.74, 6) is 0.352. The second kappa shape index (κ2) is 8.29. The van der Waals surface area contributed by atoms with Crippen molar-refractivity contribution in [1.29, 1.82) is 0 Å². The van der Waals surface area contributed by atoms with Crippen molar-refractivity contribution in [2.24, 2.45) is 0 Å². The van der Waals surface area contributed by atoms with Gasteiger partial charge in [-0.3, -0.25) is 4.79 Å². The van der Waals surface area contributed by atoms with E-state index in [1.54, 1.807) is 24.3 Å². The predicted octanol–water partition coefficient (Wildman–Crippen LogP) is -0.559. The van der Waals surface area contributed by atoms with E-state index in [4.69, 9.17) is 9.47 Å². The quantitative estimate of drug-likeness (QED) is 0.471. The maximum absolute atomic E-state index is 11.4. The van der Waals surface area contributed by atoms with Crippen LogP contribution in [0.4, 0.5) is 5.69 Å². The van der Waals surface area contributed by atoms with Crippen molar-refractivity contribution < 1.29 is 29.6 Å². The van der Waals surface area contributed by atoms with Gasteiger partial charge in [0, 0.05) is 12.6 Å². The van der Waals surface area contributed by atoms with Gasteiger partial charge in [0.05, 0.1) is 13.2 Å². The molecule has 0 aromatic heterocycles. The van der Waals surface area contributed by atoms with Crippen LogP contribution in [0.2, 0.25) is 0 Å². The summed E-state index contributed by atoms with van der Waals surface area (Å²) in [6.45, 7) is 3.31. The van der Waals surface area contributed by atoms with Gasteiger partial charge in [0.25, 0.3) is 0 Å². The van der Waals surface area contributed by atoms with Crippen molar-refractivity contribution in [3.8, 4) is 5.75 Å². The van der Waals surface area contributed by atoms with Crippen molar-refractivity contribution in [3.05, 3.63) is 24.3 Å². The smallest absolute Gasteiger partial charge is 0.217 e. The third kappa shape index (κ3) is 4.35. The Labute approximate surface area is 140 Å². The van der Waals surface area contributed by atoms with Crippen LogP contribution in [0.1, 0.15) is 13.8 Å². The maximum Gasteiger partial charge on any atom is 0.217 e. The third-order valence-corrected chi connectivity index (χ3v) is 3.77. The van der Waals surface area contributed by atoms with Gasteiger partial charge in [-0.1, -0.05) is 0 Å². The van der Waals surface area contributed by atoms with Crippen LogP contribution in [0, 0.1) is 0 Å². The minimum absolute atomic E-state index is 0.365. The molecule has 134 valence electrons. The van der Waals surface area contributed by atoms with Crippen LogP contribution in [0.25, 0.3) is 0 Å². The SMILES string of the molecule is CCOc1ccc(N[C@@H]2O[C@@H](CO)[C@@H](O)[C@@H](O)[C@@H]2NC(C)=O)cc1. The van der Waals surface area contributed by atoms with E-state index in [0.29, 0.717) is 12.3 Å². The van der Waals surface area contributed by atoms with Crippen molar-refractivity contribution in [3.63, 3.8) is 0 Å². The molecule has 24 heavy (non-hydrogen) atoms. The van der Waals surface area contributed by atoms with Gasteiger partial charge in [0.15, 0.2) is 6.23 Å². The van der Waals surface area contributed by atoms with Crippen molar-refractivity contribution >= 4 is 11.6 Å². The zero-order valence-electron chi connectivity index (χ0n) is 13.7. The highest BCUT2D eigenvalue weighted by molar-refractivity contribution is 5.73. The number of aliphatic hydroxyl groups is 3. The lowest BCUT2D eigenvalue weighted by Gasteiger charge is -2.43. The molecule has 0 saturated carbocycles. The van der Waals surface area contributed by atoms with Gasteiger partial charge in [-0.05, 0) is 31.2 Å². The van der Waals surface area contributed by atoms with Gasteiger partial charge in [-0.25, -0.2) is 0 Å². The van der Waals surface area contributed by atoms with Gasteiger partial charge in [0.2, 0.25) is 5.91 Å². The first-order valence-electron chi connectivity index (χ1n) is 7.85. The lowest BCUT2D eigenvalue weighted by atomic mass is 9.95. The molecule has 1 fully saturated rings. The normalized spacial score (nSPS) is 29.8. The molecule has 0 spiro atoms. The van der Waals surface area contributed by atoms with Crippen molar-refractivity contribution in [2.45, 2.75) is 44.4 Å². The molecular formula is C16H24N2O6. The van der Waals surface area contributed by atoms with Crippen LogP contribution in [0.3, 0.4) is 0 Å². The Balaban J connectivity index is 2.14. The topological polar surface area (TPSA) is 120 Å². The van der Waals surface area contributed by atoms with Gasteiger partial charge in [-0.15, -0.1) is 0 Å². The van der Waals surface area contributed by atoms with E-state index in [9.17, 15) is 20.1 Å². The van der Waals surface area contributed by atoms with E-state index >= 15 is 0 Å². The number of benzene rings is 1. The number of ether oxygens (including phenoxy) is 2. The molecule has 8 nitrogen and oxygen atoms in total. The summed E-state index contributed by atoms with van der Waals surface area (Å²) < 4.78 is 11.0. The van der Waals surface area contributed by atoms with E-state index in [0.717, 1.165) is 5.75 Å². The Morgan fingerprint density at radius 3 is 2.46 bits per heavy atom. The van der Waals surface area contributed by atoms with Gasteiger partial charge in [0.1, 0.15) is 30.1 Å². The number of aliphatic hydroxyl groups excluding tert-OH is 3. The average Bonchev–Trinajstić information content (AvgIpc) is 2.56. The number of amides is 1. The number of rotatable bonds is 6. The highest BCUT2D eigenvalue weighted by Gasteiger charge is 2.44. The molecule has 0 radical (unpaired) electrons. The highest BCUT2D eigenvalue weighted by atomic mass is 16.5. The van der Waals surface area contributed by atoms with E-state index in [1.165, 1.54) is 6.92 Å². The zero-order valence-corrected chi connectivity index (χ0v) is 13.7. The number of carbonyl (C=O) groups excluding carboxylic acids is 1. The molecule has 1 aromatic rings. The zero-order chi connectivity index (χ0) is 17.7. The summed E-state index contributed by atoms with van der Waals surface area (Å²) in [5.41, 5.74) is 0.680. The predicted molar refractivity (Wildman–Crippen MR) is 86.6 cm³/mol. The molecule has 8 heteroatoms. The van der Waals surface area contributed by atoms with Crippen LogP contribution in [-0.2, 0) is 9.53 Å². The number of nitrogens with one attached hydrogen (secondary N) is 2. The fourth-order valence-corrected chi connectivity index (χ4v) is 2.61. The first kappa shape index (κ1) is 18.5. The van der Waals surface area contributed by atoms with Crippen molar-refractivity contribution in [2.75, 3.05) is 18.5 Å². The van der Waals surface area contributed by atoms with Crippen LogP contribution < -0.4 is 15.4 Å². The summed E-state index contributed by atoms with van der Waals surface area (Å²) in [4.78, 5) is 11.4. The van der Waals surface area contributed by atoms with E-state index in [1.807, 2.05) is 6.92 Å².